The van der Waals surface area contributed by atoms with Gasteiger partial charge in [-0.25, -0.2) is 4.98 Å². The van der Waals surface area contributed by atoms with Gasteiger partial charge in [-0.2, -0.15) is 0 Å². The van der Waals surface area contributed by atoms with Crippen molar-refractivity contribution >= 4 is 12.2 Å². The van der Waals surface area contributed by atoms with Crippen molar-refractivity contribution in [2.24, 2.45) is 5.73 Å². The smallest absolute Gasteiger partial charge is 0.197 e. The third kappa shape index (κ3) is 1.86. The Hall–Kier alpha value is -0.740. The fraction of sp³-hybridized carbons (Fsp3) is 0.600. The fourth-order valence-corrected chi connectivity index (χ4v) is 2.29. The molecule has 0 aromatic carbocycles. The summed E-state index contributed by atoms with van der Waals surface area (Å²) in [7, 11) is 0. The molecule has 0 radical (unpaired) electrons. The third-order valence-corrected chi connectivity index (χ3v) is 2.95. The first-order valence-electron chi connectivity index (χ1n) is 5.12. The molecule has 1 aliphatic carbocycles. The summed E-state index contributed by atoms with van der Waals surface area (Å²) < 4.78 is 0.575. The lowest BCUT2D eigenvalue weighted by atomic mass is 10.1. The highest BCUT2D eigenvalue weighted by Crippen LogP contribution is 2.20. The number of nitrogens with zero attached hydrogens (tertiary/aromatic N) is 1. The largest absolute Gasteiger partial charge is 0.334 e. The number of rotatable bonds is 1. The van der Waals surface area contributed by atoms with Gasteiger partial charge in [0.05, 0.1) is 5.69 Å². The van der Waals surface area contributed by atoms with Gasteiger partial charge < -0.3 is 10.7 Å². The van der Waals surface area contributed by atoms with Crippen LogP contribution >= 0.6 is 12.2 Å². The van der Waals surface area contributed by atoms with Crippen LogP contribution in [-0.2, 0) is 19.4 Å². The Bertz CT molecular complexity index is 383. The number of nitrogens with one attached hydrogen (secondary N) is 1. The highest BCUT2D eigenvalue weighted by atomic mass is 32.1. The maximum absolute atomic E-state index is 5.67. The second-order valence-electron chi connectivity index (χ2n) is 3.71. The van der Waals surface area contributed by atoms with E-state index in [1.54, 1.807) is 0 Å². The van der Waals surface area contributed by atoms with E-state index in [1.165, 1.54) is 30.5 Å². The van der Waals surface area contributed by atoms with Gasteiger partial charge in [-0.1, -0.05) is 6.42 Å². The van der Waals surface area contributed by atoms with Gasteiger partial charge in [0.2, 0.25) is 0 Å². The van der Waals surface area contributed by atoms with Gasteiger partial charge in [0.15, 0.2) is 4.77 Å². The lowest BCUT2D eigenvalue weighted by Crippen LogP contribution is -2.09. The Labute approximate surface area is 88.8 Å². The fourth-order valence-electron chi connectivity index (χ4n) is 2.05. The Morgan fingerprint density at radius 2 is 2.07 bits per heavy atom. The van der Waals surface area contributed by atoms with Crippen molar-refractivity contribution in [2.75, 3.05) is 0 Å². The summed E-state index contributed by atoms with van der Waals surface area (Å²) in [4.78, 5) is 7.47. The molecule has 1 aliphatic rings. The average Bonchev–Trinajstić information content (AvgIpc) is 2.41. The van der Waals surface area contributed by atoms with Crippen LogP contribution in [0.3, 0.4) is 0 Å². The van der Waals surface area contributed by atoms with Gasteiger partial charge in [-0.3, -0.25) is 0 Å². The van der Waals surface area contributed by atoms with Crippen LogP contribution in [0.1, 0.15) is 36.2 Å². The molecule has 0 amide bonds. The van der Waals surface area contributed by atoms with Gasteiger partial charge in [-0.05, 0) is 43.5 Å². The van der Waals surface area contributed by atoms with Crippen molar-refractivity contribution in [1.29, 1.82) is 0 Å². The molecule has 0 fully saturated rings. The first kappa shape index (κ1) is 9.80. The molecule has 76 valence electrons. The molecule has 0 saturated carbocycles. The molecule has 0 unspecified atom stereocenters. The van der Waals surface area contributed by atoms with Crippen LogP contribution in [0, 0.1) is 4.77 Å². The van der Waals surface area contributed by atoms with E-state index in [9.17, 15) is 0 Å². The maximum atomic E-state index is 5.67. The summed E-state index contributed by atoms with van der Waals surface area (Å²) >= 11 is 5.07. The first-order valence-corrected chi connectivity index (χ1v) is 5.53. The van der Waals surface area contributed by atoms with Crippen molar-refractivity contribution < 1.29 is 0 Å². The standard InChI is InChI=1S/C10H15N3S/c11-6-9-7-4-2-1-3-5-8(7)12-10(14)13-9/h1-6,11H2,(H,12,13,14). The summed E-state index contributed by atoms with van der Waals surface area (Å²) in [6, 6.07) is 0. The predicted molar refractivity (Wildman–Crippen MR) is 58.6 cm³/mol. The van der Waals surface area contributed by atoms with Crippen LogP contribution in [0.4, 0.5) is 0 Å². The molecule has 0 saturated heterocycles. The minimum absolute atomic E-state index is 0.501. The van der Waals surface area contributed by atoms with Crippen LogP contribution in [0.2, 0.25) is 0 Å². The number of fused-ring (bicyclic) bond motifs is 1. The molecule has 3 N–H and O–H groups in total. The molecule has 0 spiro atoms. The Morgan fingerprint density at radius 1 is 1.29 bits per heavy atom. The Morgan fingerprint density at radius 3 is 2.86 bits per heavy atom. The molecule has 2 rings (SSSR count). The van der Waals surface area contributed by atoms with E-state index in [2.05, 4.69) is 9.97 Å². The van der Waals surface area contributed by atoms with Gasteiger partial charge in [-0.15, -0.1) is 0 Å². The summed E-state index contributed by atoms with van der Waals surface area (Å²) in [5, 5.41) is 0. The van der Waals surface area contributed by atoms with Gasteiger partial charge in [0, 0.05) is 12.2 Å². The van der Waals surface area contributed by atoms with E-state index in [0.29, 0.717) is 11.3 Å². The van der Waals surface area contributed by atoms with Crippen molar-refractivity contribution in [3.63, 3.8) is 0 Å². The molecule has 4 heteroatoms. The van der Waals surface area contributed by atoms with E-state index >= 15 is 0 Å². The summed E-state index contributed by atoms with van der Waals surface area (Å²) in [6.07, 6.45) is 5.97. The van der Waals surface area contributed by atoms with Crippen LogP contribution < -0.4 is 5.73 Å². The van der Waals surface area contributed by atoms with Crippen molar-refractivity contribution in [3.05, 3.63) is 21.7 Å². The summed E-state index contributed by atoms with van der Waals surface area (Å²) in [5.74, 6) is 0. The third-order valence-electron chi connectivity index (χ3n) is 2.75. The van der Waals surface area contributed by atoms with Crippen LogP contribution in [0.25, 0.3) is 0 Å². The SMILES string of the molecule is NCc1nc(=S)[nH]c2c1CCCCC2. The Kier molecular flexibility index (Phi) is 2.93. The lowest BCUT2D eigenvalue weighted by molar-refractivity contribution is 0.707. The minimum Gasteiger partial charge on any atom is -0.334 e. The quantitative estimate of drug-likeness (QED) is 0.548. The number of aromatic nitrogens is 2. The first-order chi connectivity index (χ1) is 6.81. The molecule has 1 heterocycles. The van der Waals surface area contributed by atoms with Gasteiger partial charge in [0.25, 0.3) is 0 Å². The maximum Gasteiger partial charge on any atom is 0.197 e. The van der Waals surface area contributed by atoms with Crippen LogP contribution in [0.5, 0.6) is 0 Å². The normalized spacial score (nSPS) is 16.1. The highest BCUT2D eigenvalue weighted by molar-refractivity contribution is 7.71. The Balaban J connectivity index is 2.52. The van der Waals surface area contributed by atoms with E-state index in [1.807, 2.05) is 0 Å². The lowest BCUT2D eigenvalue weighted by Gasteiger charge is -2.09. The molecule has 1 aromatic rings. The van der Waals surface area contributed by atoms with E-state index in [0.717, 1.165) is 18.5 Å². The monoisotopic (exact) mass is 209 g/mol. The van der Waals surface area contributed by atoms with Crippen molar-refractivity contribution in [2.45, 2.75) is 38.6 Å². The summed E-state index contributed by atoms with van der Waals surface area (Å²) in [5.41, 5.74) is 9.25. The second kappa shape index (κ2) is 4.19. The van der Waals surface area contributed by atoms with Crippen LogP contribution in [0.15, 0.2) is 0 Å². The molecule has 0 bridgehead atoms. The number of aromatic amines is 1. The highest BCUT2D eigenvalue weighted by Gasteiger charge is 2.12. The zero-order chi connectivity index (χ0) is 9.97. The molecule has 1 aromatic heterocycles. The number of hydrogen-bond acceptors (Lipinski definition) is 3. The topological polar surface area (TPSA) is 54.7 Å². The molecular formula is C10H15N3S. The number of aryl methyl sites for hydroxylation is 1. The second-order valence-corrected chi connectivity index (χ2v) is 4.10. The minimum atomic E-state index is 0.501. The van der Waals surface area contributed by atoms with Crippen LogP contribution in [-0.4, -0.2) is 9.97 Å². The van der Waals surface area contributed by atoms with E-state index < -0.39 is 0 Å². The van der Waals surface area contributed by atoms with E-state index in [-0.39, 0.29) is 0 Å². The molecule has 0 atom stereocenters. The zero-order valence-corrected chi connectivity index (χ0v) is 8.99. The molecule has 14 heavy (non-hydrogen) atoms. The molecule has 3 nitrogen and oxygen atoms in total. The molecular weight excluding hydrogens is 194 g/mol. The zero-order valence-electron chi connectivity index (χ0n) is 8.18. The van der Waals surface area contributed by atoms with Gasteiger partial charge in [0.1, 0.15) is 0 Å². The predicted octanol–water partition coefficient (Wildman–Crippen LogP) is 1.87. The van der Waals surface area contributed by atoms with Crippen molar-refractivity contribution in [1.82, 2.24) is 9.97 Å². The number of hydrogen-bond donors (Lipinski definition) is 2. The average molecular weight is 209 g/mol. The number of nitrogens with two attached hydrogens (primary N) is 1. The van der Waals surface area contributed by atoms with E-state index in [4.69, 9.17) is 18.0 Å². The molecule has 0 aliphatic heterocycles. The summed E-state index contributed by atoms with van der Waals surface area (Å²) in [6.45, 7) is 0.501. The van der Waals surface area contributed by atoms with Gasteiger partial charge >= 0.3 is 0 Å². The van der Waals surface area contributed by atoms with Crippen molar-refractivity contribution in [3.8, 4) is 0 Å². The number of H-pyrrole nitrogens is 1.